The zero-order valence-electron chi connectivity index (χ0n) is 13.8. The lowest BCUT2D eigenvalue weighted by Gasteiger charge is -2.16. The maximum absolute atomic E-state index is 12.8. The van der Waals surface area contributed by atoms with Crippen LogP contribution in [0.3, 0.4) is 0 Å². The second-order valence-electron chi connectivity index (χ2n) is 5.37. The number of benzene rings is 2. The van der Waals surface area contributed by atoms with Crippen LogP contribution in [0.5, 0.6) is 17.2 Å². The van der Waals surface area contributed by atoms with Crippen LogP contribution >= 0.6 is 0 Å². The highest BCUT2D eigenvalue weighted by Crippen LogP contribution is 2.45. The van der Waals surface area contributed by atoms with Gasteiger partial charge in [0.25, 0.3) is 0 Å². The van der Waals surface area contributed by atoms with Gasteiger partial charge < -0.3 is 14.2 Å². The van der Waals surface area contributed by atoms with Crippen molar-refractivity contribution in [1.29, 1.82) is 0 Å². The van der Waals surface area contributed by atoms with Crippen LogP contribution in [0.25, 0.3) is 0 Å². The van der Waals surface area contributed by atoms with Gasteiger partial charge in [-0.2, -0.15) is 4.31 Å². The number of fused-ring (bicyclic) bond motifs is 1. The largest absolute Gasteiger partial charge is 0.493 e. The Kier molecular flexibility index (Phi) is 4.38. The molecular weight excluding hydrogens is 330 g/mol. The number of nitrogens with zero attached hydrogens (tertiary/aromatic N) is 1. The minimum Gasteiger partial charge on any atom is -0.493 e. The third-order valence-electron chi connectivity index (χ3n) is 4.09. The summed E-state index contributed by atoms with van der Waals surface area (Å²) in [6.45, 7) is 0.499. The molecule has 0 saturated heterocycles. The van der Waals surface area contributed by atoms with E-state index in [0.29, 0.717) is 17.2 Å². The molecule has 2 aromatic carbocycles. The van der Waals surface area contributed by atoms with Crippen LogP contribution in [0.4, 0.5) is 0 Å². The van der Waals surface area contributed by atoms with Gasteiger partial charge in [0.15, 0.2) is 11.5 Å². The maximum atomic E-state index is 12.8. The highest BCUT2D eigenvalue weighted by Gasteiger charge is 2.34. The van der Waals surface area contributed by atoms with E-state index in [2.05, 4.69) is 0 Å². The van der Waals surface area contributed by atoms with Gasteiger partial charge in [-0.1, -0.05) is 18.2 Å². The first-order chi connectivity index (χ1) is 11.5. The topological polar surface area (TPSA) is 65.1 Å². The smallest absolute Gasteiger partial charge is 0.243 e. The summed E-state index contributed by atoms with van der Waals surface area (Å²) in [6, 6.07) is 10.2. The SMILES string of the molecule is COc1cc2c(c(OC)c1OC)CN(S(=O)(=O)c1ccccc1)C2. The van der Waals surface area contributed by atoms with Crippen molar-refractivity contribution in [3.8, 4) is 17.2 Å². The highest BCUT2D eigenvalue weighted by atomic mass is 32.2. The Morgan fingerprint density at radius 2 is 1.58 bits per heavy atom. The summed E-state index contributed by atoms with van der Waals surface area (Å²) in [5.74, 6) is 1.50. The van der Waals surface area contributed by atoms with Crippen molar-refractivity contribution < 1.29 is 22.6 Å². The third-order valence-corrected chi connectivity index (χ3v) is 5.89. The van der Waals surface area contributed by atoms with Gasteiger partial charge in [0.05, 0.1) is 26.2 Å². The van der Waals surface area contributed by atoms with Gasteiger partial charge in [0.1, 0.15) is 0 Å². The third kappa shape index (κ3) is 2.59. The van der Waals surface area contributed by atoms with Gasteiger partial charge >= 0.3 is 0 Å². The summed E-state index contributed by atoms with van der Waals surface area (Å²) in [5.41, 5.74) is 1.65. The molecule has 1 aliphatic rings. The van der Waals surface area contributed by atoms with Gasteiger partial charge in [0, 0.05) is 18.7 Å². The van der Waals surface area contributed by atoms with Crippen LogP contribution in [-0.4, -0.2) is 34.1 Å². The molecule has 24 heavy (non-hydrogen) atoms. The molecule has 128 valence electrons. The Morgan fingerprint density at radius 1 is 0.917 bits per heavy atom. The van der Waals surface area contributed by atoms with Crippen molar-refractivity contribution in [2.75, 3.05) is 21.3 Å². The Morgan fingerprint density at radius 3 is 2.17 bits per heavy atom. The van der Waals surface area contributed by atoms with Gasteiger partial charge in [-0.25, -0.2) is 8.42 Å². The van der Waals surface area contributed by atoms with Crippen LogP contribution in [0.2, 0.25) is 0 Å². The molecular formula is C17H19NO5S. The fourth-order valence-corrected chi connectivity index (χ4v) is 4.32. The Hall–Kier alpha value is -2.25. The fourth-order valence-electron chi connectivity index (χ4n) is 2.91. The molecule has 6 nitrogen and oxygen atoms in total. The highest BCUT2D eigenvalue weighted by molar-refractivity contribution is 7.89. The van der Waals surface area contributed by atoms with E-state index in [1.807, 2.05) is 0 Å². The molecule has 1 aliphatic heterocycles. The summed E-state index contributed by atoms with van der Waals surface area (Å²) in [6.07, 6.45) is 0. The molecule has 0 aliphatic carbocycles. The normalized spacial score (nSPS) is 14.3. The molecule has 0 radical (unpaired) electrons. The summed E-state index contributed by atoms with van der Waals surface area (Å²) in [7, 11) is 1.03. The monoisotopic (exact) mass is 349 g/mol. The van der Waals surface area contributed by atoms with Gasteiger partial charge in [-0.05, 0) is 23.8 Å². The lowest BCUT2D eigenvalue weighted by molar-refractivity contribution is 0.321. The van der Waals surface area contributed by atoms with Crippen LogP contribution in [0, 0.1) is 0 Å². The Labute approximate surface area is 141 Å². The average molecular weight is 349 g/mol. The van der Waals surface area contributed by atoms with E-state index in [4.69, 9.17) is 14.2 Å². The standard InChI is InChI=1S/C17H19NO5S/c1-21-15-9-12-10-18(11-14(12)16(22-2)17(15)23-3)24(19,20)13-7-5-4-6-8-13/h4-9H,10-11H2,1-3H3. The summed E-state index contributed by atoms with van der Waals surface area (Å²) in [5, 5.41) is 0. The number of methoxy groups -OCH3 is 3. The van der Waals surface area contributed by atoms with Gasteiger partial charge in [-0.15, -0.1) is 0 Å². The molecule has 0 bridgehead atoms. The van der Waals surface area contributed by atoms with E-state index in [0.717, 1.165) is 11.1 Å². The van der Waals surface area contributed by atoms with E-state index >= 15 is 0 Å². The summed E-state index contributed by atoms with van der Waals surface area (Å²) in [4.78, 5) is 0.274. The van der Waals surface area contributed by atoms with E-state index in [-0.39, 0.29) is 18.0 Å². The Bertz CT molecular complexity index is 849. The van der Waals surface area contributed by atoms with Crippen molar-refractivity contribution in [3.63, 3.8) is 0 Å². The van der Waals surface area contributed by atoms with Gasteiger partial charge in [-0.3, -0.25) is 0 Å². The maximum Gasteiger partial charge on any atom is 0.243 e. The average Bonchev–Trinajstić information content (AvgIpc) is 3.05. The molecule has 0 spiro atoms. The predicted molar refractivity (Wildman–Crippen MR) is 89.0 cm³/mol. The first kappa shape index (κ1) is 16.6. The van der Waals surface area contributed by atoms with Crippen LogP contribution < -0.4 is 14.2 Å². The predicted octanol–water partition coefficient (Wildman–Crippen LogP) is 2.42. The molecule has 0 atom stereocenters. The van der Waals surface area contributed by atoms with Crippen molar-refractivity contribution in [2.45, 2.75) is 18.0 Å². The second-order valence-corrected chi connectivity index (χ2v) is 7.31. The van der Waals surface area contributed by atoms with Crippen LogP contribution in [-0.2, 0) is 23.1 Å². The van der Waals surface area contributed by atoms with Crippen molar-refractivity contribution in [3.05, 3.63) is 47.5 Å². The molecule has 0 N–H and O–H groups in total. The quantitative estimate of drug-likeness (QED) is 0.829. The minimum atomic E-state index is -3.57. The number of sulfonamides is 1. The summed E-state index contributed by atoms with van der Waals surface area (Å²) >= 11 is 0. The molecule has 0 unspecified atom stereocenters. The molecule has 7 heteroatoms. The molecule has 0 amide bonds. The van der Waals surface area contributed by atoms with Gasteiger partial charge in [0.2, 0.25) is 15.8 Å². The molecule has 0 aromatic heterocycles. The number of rotatable bonds is 5. The lowest BCUT2D eigenvalue weighted by Crippen LogP contribution is -2.25. The van der Waals surface area contributed by atoms with Crippen LogP contribution in [0.1, 0.15) is 11.1 Å². The second kappa shape index (κ2) is 6.33. The van der Waals surface area contributed by atoms with Crippen molar-refractivity contribution in [2.24, 2.45) is 0 Å². The fraction of sp³-hybridized carbons (Fsp3) is 0.294. The van der Waals surface area contributed by atoms with E-state index in [1.54, 1.807) is 36.4 Å². The molecule has 0 saturated carbocycles. The molecule has 3 rings (SSSR count). The first-order valence-electron chi connectivity index (χ1n) is 7.38. The van der Waals surface area contributed by atoms with E-state index < -0.39 is 10.0 Å². The van der Waals surface area contributed by atoms with Crippen LogP contribution in [0.15, 0.2) is 41.3 Å². The number of ether oxygens (including phenoxy) is 3. The number of hydrogen-bond donors (Lipinski definition) is 0. The first-order valence-corrected chi connectivity index (χ1v) is 8.82. The molecule has 0 fully saturated rings. The Balaban J connectivity index is 2.04. The number of hydrogen-bond acceptors (Lipinski definition) is 5. The van der Waals surface area contributed by atoms with Crippen molar-refractivity contribution >= 4 is 10.0 Å². The lowest BCUT2D eigenvalue weighted by atomic mass is 10.1. The molecule has 2 aromatic rings. The van der Waals surface area contributed by atoms with E-state index in [9.17, 15) is 8.42 Å². The summed E-state index contributed by atoms with van der Waals surface area (Å²) < 4.78 is 43.3. The van der Waals surface area contributed by atoms with Crippen molar-refractivity contribution in [1.82, 2.24) is 4.31 Å². The molecule has 1 heterocycles. The zero-order chi connectivity index (χ0) is 17.3. The zero-order valence-corrected chi connectivity index (χ0v) is 14.6. The van der Waals surface area contributed by atoms with E-state index in [1.165, 1.54) is 25.6 Å². The minimum absolute atomic E-state index is 0.232.